The zero-order valence-corrected chi connectivity index (χ0v) is 16.7. The van der Waals surface area contributed by atoms with Gasteiger partial charge < -0.3 is 9.47 Å². The van der Waals surface area contributed by atoms with Crippen molar-refractivity contribution in [2.24, 2.45) is 0 Å². The molecule has 1 aliphatic rings. The quantitative estimate of drug-likeness (QED) is 0.555. The molecule has 0 radical (unpaired) electrons. The smallest absolute Gasteiger partial charge is 0.123 e. The van der Waals surface area contributed by atoms with Gasteiger partial charge in [-0.25, -0.2) is 4.39 Å². The predicted molar refractivity (Wildman–Crippen MR) is 110 cm³/mol. The average Bonchev–Trinajstić information content (AvgIpc) is 3.40. The number of hydrogen-bond acceptors (Lipinski definition) is 4. The van der Waals surface area contributed by atoms with Crippen LogP contribution in [0.4, 0.5) is 4.39 Å². The first-order chi connectivity index (χ1) is 13.7. The summed E-state index contributed by atoms with van der Waals surface area (Å²) in [5.74, 6) is 0.895. The molecule has 4 rings (SSSR count). The van der Waals surface area contributed by atoms with Crippen molar-refractivity contribution in [3.63, 3.8) is 0 Å². The van der Waals surface area contributed by atoms with Gasteiger partial charge in [0.2, 0.25) is 0 Å². The summed E-state index contributed by atoms with van der Waals surface area (Å²) in [5, 5.41) is 4.31. The maximum Gasteiger partial charge on any atom is 0.123 e. The monoisotopic (exact) mass is 397 g/mol. The van der Waals surface area contributed by atoms with Crippen LogP contribution in [0.3, 0.4) is 0 Å². The molecule has 1 aromatic heterocycles. The van der Waals surface area contributed by atoms with E-state index in [2.05, 4.69) is 33.9 Å². The molecule has 1 fully saturated rings. The van der Waals surface area contributed by atoms with Crippen molar-refractivity contribution < 1.29 is 13.9 Å². The highest BCUT2D eigenvalue weighted by atomic mass is 32.1. The molecule has 2 atom stereocenters. The fourth-order valence-electron chi connectivity index (χ4n) is 3.80. The second-order valence-corrected chi connectivity index (χ2v) is 7.93. The lowest BCUT2D eigenvalue weighted by atomic mass is 9.92. The molecule has 28 heavy (non-hydrogen) atoms. The van der Waals surface area contributed by atoms with Crippen molar-refractivity contribution in [1.29, 1.82) is 0 Å². The van der Waals surface area contributed by atoms with Gasteiger partial charge in [0.25, 0.3) is 0 Å². The minimum atomic E-state index is -0.201. The third-order valence-corrected chi connectivity index (χ3v) is 6.06. The molecule has 0 amide bonds. The zero-order chi connectivity index (χ0) is 19.3. The number of nitrogens with zero attached hydrogens (tertiary/aromatic N) is 1. The molecular formula is C23H24FNO2S. The van der Waals surface area contributed by atoms with Crippen LogP contribution in [-0.4, -0.2) is 31.3 Å². The third-order valence-electron chi connectivity index (χ3n) is 5.33. The molecule has 5 heteroatoms. The maximum absolute atomic E-state index is 13.4. The van der Waals surface area contributed by atoms with Gasteiger partial charge in [0, 0.05) is 25.0 Å². The topological polar surface area (TPSA) is 21.7 Å². The lowest BCUT2D eigenvalue weighted by Crippen LogP contribution is -2.38. The van der Waals surface area contributed by atoms with E-state index in [1.807, 2.05) is 24.3 Å². The highest BCUT2D eigenvalue weighted by Crippen LogP contribution is 2.32. The number of ether oxygens (including phenoxy) is 2. The minimum Gasteiger partial charge on any atom is -0.497 e. The van der Waals surface area contributed by atoms with E-state index in [0.717, 1.165) is 24.4 Å². The summed E-state index contributed by atoms with van der Waals surface area (Å²) < 4.78 is 24.5. The predicted octanol–water partition coefficient (Wildman–Crippen LogP) is 5.08. The molecule has 2 heterocycles. The SMILES string of the molecule is COc1ccc(CN(Cc2ccsc2)[C@@H]2COC[C@H]2c2ccc(F)cc2)cc1. The van der Waals surface area contributed by atoms with Crippen molar-refractivity contribution in [3.05, 3.63) is 87.9 Å². The number of thiophene rings is 1. The van der Waals surface area contributed by atoms with E-state index in [1.54, 1.807) is 18.4 Å². The maximum atomic E-state index is 13.4. The standard InChI is InChI=1S/C23H24FNO2S/c1-26-21-8-2-17(3-9-21)12-25(13-18-10-11-28-16-18)23-15-27-14-22(23)19-4-6-20(24)7-5-19/h2-11,16,22-23H,12-15H2,1H3/t22-,23+/m0/s1. The second-order valence-electron chi connectivity index (χ2n) is 7.15. The van der Waals surface area contributed by atoms with Gasteiger partial charge in [-0.05, 0) is 57.8 Å². The van der Waals surface area contributed by atoms with Gasteiger partial charge in [-0.15, -0.1) is 0 Å². The largest absolute Gasteiger partial charge is 0.497 e. The summed E-state index contributed by atoms with van der Waals surface area (Å²) in [6, 6.07) is 17.5. The highest BCUT2D eigenvalue weighted by molar-refractivity contribution is 7.07. The van der Waals surface area contributed by atoms with Crippen LogP contribution in [0.25, 0.3) is 0 Å². The Bertz CT molecular complexity index is 865. The summed E-state index contributed by atoms with van der Waals surface area (Å²) in [6.07, 6.45) is 0. The number of hydrogen-bond donors (Lipinski definition) is 0. The summed E-state index contributed by atoms with van der Waals surface area (Å²) in [4.78, 5) is 2.48. The van der Waals surface area contributed by atoms with E-state index in [-0.39, 0.29) is 17.8 Å². The lowest BCUT2D eigenvalue weighted by molar-refractivity contribution is 0.132. The van der Waals surface area contributed by atoms with E-state index in [4.69, 9.17) is 9.47 Å². The van der Waals surface area contributed by atoms with Gasteiger partial charge in [0.1, 0.15) is 11.6 Å². The summed E-state index contributed by atoms with van der Waals surface area (Å²) in [5.41, 5.74) is 3.68. The lowest BCUT2D eigenvalue weighted by Gasteiger charge is -2.32. The van der Waals surface area contributed by atoms with E-state index in [0.29, 0.717) is 13.2 Å². The van der Waals surface area contributed by atoms with E-state index >= 15 is 0 Å². The summed E-state index contributed by atoms with van der Waals surface area (Å²) in [6.45, 7) is 3.04. The van der Waals surface area contributed by atoms with Crippen molar-refractivity contribution >= 4 is 11.3 Å². The van der Waals surface area contributed by atoms with Crippen LogP contribution in [0.5, 0.6) is 5.75 Å². The first kappa shape index (κ1) is 19.1. The zero-order valence-electron chi connectivity index (χ0n) is 15.9. The van der Waals surface area contributed by atoms with Gasteiger partial charge in [0.15, 0.2) is 0 Å². The van der Waals surface area contributed by atoms with Crippen LogP contribution < -0.4 is 4.74 Å². The Balaban J connectivity index is 1.58. The molecular weight excluding hydrogens is 373 g/mol. The number of halogens is 1. The molecule has 3 nitrogen and oxygen atoms in total. The molecule has 1 aliphatic heterocycles. The Kier molecular flexibility index (Phi) is 6.05. The second kappa shape index (κ2) is 8.86. The van der Waals surface area contributed by atoms with E-state index in [9.17, 15) is 4.39 Å². The first-order valence-electron chi connectivity index (χ1n) is 9.44. The Labute approximate surface area is 169 Å². The fraction of sp³-hybridized carbons (Fsp3) is 0.304. The van der Waals surface area contributed by atoms with Crippen LogP contribution >= 0.6 is 11.3 Å². The number of benzene rings is 2. The van der Waals surface area contributed by atoms with Crippen LogP contribution in [0.15, 0.2) is 65.4 Å². The molecule has 0 saturated carbocycles. The van der Waals surface area contributed by atoms with Gasteiger partial charge in [-0.3, -0.25) is 4.90 Å². The third kappa shape index (κ3) is 4.43. The van der Waals surface area contributed by atoms with Crippen molar-refractivity contribution in [2.75, 3.05) is 20.3 Å². The van der Waals surface area contributed by atoms with Crippen LogP contribution in [0, 0.1) is 5.82 Å². The molecule has 0 bridgehead atoms. The van der Waals surface area contributed by atoms with E-state index < -0.39 is 0 Å². The van der Waals surface area contributed by atoms with Crippen LogP contribution in [0.2, 0.25) is 0 Å². The van der Waals surface area contributed by atoms with Crippen molar-refractivity contribution in [2.45, 2.75) is 25.0 Å². The summed E-state index contributed by atoms with van der Waals surface area (Å²) >= 11 is 1.72. The number of methoxy groups -OCH3 is 1. The normalized spacial score (nSPS) is 19.2. The minimum absolute atomic E-state index is 0.201. The van der Waals surface area contributed by atoms with Crippen LogP contribution in [0.1, 0.15) is 22.6 Å². The molecule has 1 saturated heterocycles. The van der Waals surface area contributed by atoms with Gasteiger partial charge in [-0.2, -0.15) is 11.3 Å². The highest BCUT2D eigenvalue weighted by Gasteiger charge is 2.34. The fourth-order valence-corrected chi connectivity index (χ4v) is 4.46. The molecule has 0 unspecified atom stereocenters. The molecule has 146 valence electrons. The van der Waals surface area contributed by atoms with Gasteiger partial charge in [0.05, 0.1) is 20.3 Å². The van der Waals surface area contributed by atoms with Gasteiger partial charge >= 0.3 is 0 Å². The van der Waals surface area contributed by atoms with Gasteiger partial charge in [-0.1, -0.05) is 24.3 Å². The van der Waals surface area contributed by atoms with Crippen molar-refractivity contribution in [3.8, 4) is 5.75 Å². The Hall–Kier alpha value is -2.21. The molecule has 0 aliphatic carbocycles. The number of rotatable bonds is 7. The first-order valence-corrected chi connectivity index (χ1v) is 10.4. The molecule has 3 aromatic rings. The molecule has 0 spiro atoms. The Morgan fingerprint density at radius 1 is 1.00 bits per heavy atom. The molecule has 0 N–H and O–H groups in total. The van der Waals surface area contributed by atoms with Crippen LogP contribution in [-0.2, 0) is 17.8 Å². The Morgan fingerprint density at radius 3 is 2.43 bits per heavy atom. The van der Waals surface area contributed by atoms with Crippen molar-refractivity contribution in [1.82, 2.24) is 4.90 Å². The van der Waals surface area contributed by atoms with E-state index in [1.165, 1.54) is 23.3 Å². The Morgan fingerprint density at radius 2 is 1.75 bits per heavy atom. The average molecular weight is 398 g/mol. The molecule has 2 aromatic carbocycles. The summed E-state index contributed by atoms with van der Waals surface area (Å²) in [7, 11) is 1.68.